The van der Waals surface area contributed by atoms with E-state index in [0.717, 1.165) is 16.5 Å². The van der Waals surface area contributed by atoms with Gasteiger partial charge in [-0.3, -0.25) is 9.59 Å². The van der Waals surface area contributed by atoms with Gasteiger partial charge in [-0.25, -0.2) is 0 Å². The number of hydrogen-bond acceptors (Lipinski definition) is 5. The standard InChI is InChI=1S/C21H20N2O5/c1-13(21(25)23-15-6-7-18-19(11-15)27-9-8-26-18)28-20(24)10-14-12-22-17-5-3-2-4-16(14)17/h2-7,11-13,22H,8-10H2,1H3,(H,23,25)/t13-/m1/s1. The Morgan fingerprint density at radius 3 is 2.79 bits per heavy atom. The Bertz CT molecular complexity index is 1030. The van der Waals surface area contributed by atoms with Crippen LogP contribution in [0.2, 0.25) is 0 Å². The van der Waals surface area contributed by atoms with Crippen molar-refractivity contribution in [3.8, 4) is 11.5 Å². The van der Waals surface area contributed by atoms with Gasteiger partial charge in [-0.15, -0.1) is 0 Å². The van der Waals surface area contributed by atoms with Crippen LogP contribution in [-0.4, -0.2) is 36.2 Å². The molecule has 0 spiro atoms. The monoisotopic (exact) mass is 380 g/mol. The Hall–Kier alpha value is -3.48. The molecule has 0 unspecified atom stereocenters. The van der Waals surface area contributed by atoms with Crippen molar-refractivity contribution in [2.45, 2.75) is 19.4 Å². The number of aromatic nitrogens is 1. The second-order valence-electron chi connectivity index (χ2n) is 6.52. The van der Waals surface area contributed by atoms with Gasteiger partial charge < -0.3 is 24.5 Å². The molecule has 28 heavy (non-hydrogen) atoms. The zero-order valence-corrected chi connectivity index (χ0v) is 15.4. The molecule has 4 rings (SSSR count). The molecule has 1 aliphatic rings. The topological polar surface area (TPSA) is 89.7 Å². The summed E-state index contributed by atoms with van der Waals surface area (Å²) < 4.78 is 16.3. The minimum atomic E-state index is -0.925. The quantitative estimate of drug-likeness (QED) is 0.664. The summed E-state index contributed by atoms with van der Waals surface area (Å²) in [5, 5.41) is 3.69. The normalized spacial score (nSPS) is 13.8. The molecule has 0 aliphatic carbocycles. The first-order chi connectivity index (χ1) is 13.6. The molecule has 0 saturated heterocycles. The number of nitrogens with one attached hydrogen (secondary N) is 2. The van der Waals surface area contributed by atoms with Gasteiger partial charge >= 0.3 is 5.97 Å². The highest BCUT2D eigenvalue weighted by atomic mass is 16.6. The van der Waals surface area contributed by atoms with Crippen molar-refractivity contribution in [3.05, 3.63) is 54.2 Å². The molecule has 7 nitrogen and oxygen atoms in total. The summed E-state index contributed by atoms with van der Waals surface area (Å²) in [7, 11) is 0. The maximum atomic E-state index is 12.4. The maximum Gasteiger partial charge on any atom is 0.311 e. The van der Waals surface area contributed by atoms with Gasteiger partial charge in [0.1, 0.15) is 13.2 Å². The molecule has 0 fully saturated rings. The third-order valence-corrected chi connectivity index (χ3v) is 4.50. The molecule has 1 aromatic heterocycles. The molecule has 0 radical (unpaired) electrons. The van der Waals surface area contributed by atoms with Crippen LogP contribution < -0.4 is 14.8 Å². The van der Waals surface area contributed by atoms with E-state index in [9.17, 15) is 9.59 Å². The summed E-state index contributed by atoms with van der Waals surface area (Å²) in [5.74, 6) is 0.342. The van der Waals surface area contributed by atoms with Crippen molar-refractivity contribution in [3.63, 3.8) is 0 Å². The third-order valence-electron chi connectivity index (χ3n) is 4.50. The summed E-state index contributed by atoms with van der Waals surface area (Å²) in [6.45, 7) is 2.51. The first-order valence-corrected chi connectivity index (χ1v) is 9.05. The predicted molar refractivity (Wildman–Crippen MR) is 104 cm³/mol. The lowest BCUT2D eigenvalue weighted by atomic mass is 10.1. The van der Waals surface area contributed by atoms with E-state index in [4.69, 9.17) is 14.2 Å². The number of para-hydroxylation sites is 1. The number of carbonyl (C=O) groups excluding carboxylic acids is 2. The molecule has 1 atom stereocenters. The maximum absolute atomic E-state index is 12.4. The summed E-state index contributed by atoms with van der Waals surface area (Å²) in [4.78, 5) is 27.7. The van der Waals surface area contributed by atoms with Crippen LogP contribution in [0, 0.1) is 0 Å². The van der Waals surface area contributed by atoms with Gasteiger partial charge in [0.05, 0.1) is 6.42 Å². The predicted octanol–water partition coefficient (Wildman–Crippen LogP) is 3.05. The number of amides is 1. The Labute approximate surface area is 161 Å². The van der Waals surface area contributed by atoms with Gasteiger partial charge in [0, 0.05) is 28.9 Å². The second-order valence-corrected chi connectivity index (χ2v) is 6.52. The van der Waals surface area contributed by atoms with E-state index in [1.165, 1.54) is 0 Å². The highest BCUT2D eigenvalue weighted by Gasteiger charge is 2.20. The lowest BCUT2D eigenvalue weighted by Crippen LogP contribution is -2.30. The molecule has 1 aliphatic heterocycles. The number of ether oxygens (including phenoxy) is 3. The van der Waals surface area contributed by atoms with Crippen molar-refractivity contribution in [2.24, 2.45) is 0 Å². The fourth-order valence-corrected chi connectivity index (χ4v) is 3.09. The van der Waals surface area contributed by atoms with Crippen LogP contribution in [0.1, 0.15) is 12.5 Å². The Morgan fingerprint density at radius 2 is 1.93 bits per heavy atom. The van der Waals surface area contributed by atoms with Crippen LogP contribution in [-0.2, 0) is 20.7 Å². The molecular weight excluding hydrogens is 360 g/mol. The largest absolute Gasteiger partial charge is 0.486 e. The SMILES string of the molecule is C[C@@H](OC(=O)Cc1c[nH]c2ccccc12)C(=O)Nc1ccc2c(c1)OCCO2. The second kappa shape index (κ2) is 7.64. The van der Waals surface area contributed by atoms with E-state index < -0.39 is 18.0 Å². The van der Waals surface area contributed by atoms with Crippen molar-refractivity contribution in [1.82, 2.24) is 4.98 Å². The van der Waals surface area contributed by atoms with E-state index in [2.05, 4.69) is 10.3 Å². The van der Waals surface area contributed by atoms with Crippen LogP contribution in [0.4, 0.5) is 5.69 Å². The van der Waals surface area contributed by atoms with Crippen LogP contribution >= 0.6 is 0 Å². The van der Waals surface area contributed by atoms with E-state index in [0.29, 0.717) is 30.4 Å². The number of carbonyl (C=O) groups is 2. The van der Waals surface area contributed by atoms with Crippen LogP contribution in [0.25, 0.3) is 10.9 Å². The molecule has 3 aromatic rings. The minimum Gasteiger partial charge on any atom is -0.486 e. The lowest BCUT2D eigenvalue weighted by Gasteiger charge is -2.19. The fourth-order valence-electron chi connectivity index (χ4n) is 3.09. The summed E-state index contributed by atoms with van der Waals surface area (Å²) in [6, 6.07) is 12.8. The van der Waals surface area contributed by atoms with Crippen molar-refractivity contribution in [2.75, 3.05) is 18.5 Å². The van der Waals surface area contributed by atoms with Crippen LogP contribution in [0.15, 0.2) is 48.7 Å². The number of rotatable bonds is 5. The van der Waals surface area contributed by atoms with E-state index in [1.54, 1.807) is 31.3 Å². The Morgan fingerprint density at radius 1 is 1.14 bits per heavy atom. The van der Waals surface area contributed by atoms with Crippen LogP contribution in [0.5, 0.6) is 11.5 Å². The molecular formula is C21H20N2O5. The average Bonchev–Trinajstić information content (AvgIpc) is 3.10. The number of aromatic amines is 1. The number of esters is 1. The zero-order valence-electron chi connectivity index (χ0n) is 15.4. The van der Waals surface area contributed by atoms with E-state index in [-0.39, 0.29) is 6.42 Å². The summed E-state index contributed by atoms with van der Waals surface area (Å²) in [6.07, 6.45) is 0.947. The molecule has 2 N–H and O–H groups in total. The Kier molecular flexibility index (Phi) is 4.89. The number of hydrogen-bond donors (Lipinski definition) is 2. The van der Waals surface area contributed by atoms with Gasteiger partial charge in [0.25, 0.3) is 5.91 Å². The van der Waals surface area contributed by atoms with Gasteiger partial charge in [0.2, 0.25) is 0 Å². The molecule has 144 valence electrons. The lowest BCUT2D eigenvalue weighted by molar-refractivity contribution is -0.152. The zero-order chi connectivity index (χ0) is 19.5. The first kappa shape index (κ1) is 17.9. The number of fused-ring (bicyclic) bond motifs is 2. The van der Waals surface area contributed by atoms with Gasteiger partial charge in [-0.1, -0.05) is 18.2 Å². The minimum absolute atomic E-state index is 0.0889. The third kappa shape index (κ3) is 3.78. The van der Waals surface area contributed by atoms with E-state index >= 15 is 0 Å². The summed E-state index contributed by atoms with van der Waals surface area (Å²) >= 11 is 0. The van der Waals surface area contributed by atoms with Crippen molar-refractivity contribution >= 4 is 28.5 Å². The van der Waals surface area contributed by atoms with Crippen LogP contribution in [0.3, 0.4) is 0 Å². The average molecular weight is 380 g/mol. The van der Waals surface area contributed by atoms with Crippen molar-refractivity contribution in [1.29, 1.82) is 0 Å². The fraction of sp³-hybridized carbons (Fsp3) is 0.238. The molecule has 2 heterocycles. The highest BCUT2D eigenvalue weighted by Crippen LogP contribution is 2.32. The Balaban J connectivity index is 1.35. The molecule has 7 heteroatoms. The van der Waals surface area contributed by atoms with Gasteiger partial charge in [-0.2, -0.15) is 0 Å². The molecule has 0 saturated carbocycles. The van der Waals surface area contributed by atoms with Gasteiger partial charge in [0.15, 0.2) is 17.6 Å². The summed E-state index contributed by atoms with van der Waals surface area (Å²) in [5.41, 5.74) is 2.34. The van der Waals surface area contributed by atoms with Crippen molar-refractivity contribution < 1.29 is 23.8 Å². The van der Waals surface area contributed by atoms with Gasteiger partial charge in [-0.05, 0) is 30.7 Å². The highest BCUT2D eigenvalue weighted by molar-refractivity contribution is 5.95. The molecule has 2 aromatic carbocycles. The van der Waals surface area contributed by atoms with E-state index in [1.807, 2.05) is 24.3 Å². The number of H-pyrrole nitrogens is 1. The number of benzene rings is 2. The smallest absolute Gasteiger partial charge is 0.311 e. The number of anilines is 1. The molecule has 1 amide bonds. The first-order valence-electron chi connectivity index (χ1n) is 9.05. The molecule has 0 bridgehead atoms.